The molecule has 1 aliphatic rings. The Kier molecular flexibility index (Phi) is 3.80. The van der Waals surface area contributed by atoms with Crippen molar-refractivity contribution in [1.82, 2.24) is 0 Å². The van der Waals surface area contributed by atoms with Crippen molar-refractivity contribution in [1.29, 1.82) is 0 Å². The van der Waals surface area contributed by atoms with Crippen LogP contribution in [-0.4, -0.2) is 12.1 Å². The van der Waals surface area contributed by atoms with E-state index in [-0.39, 0.29) is 12.1 Å². The van der Waals surface area contributed by atoms with E-state index in [9.17, 15) is 13.2 Å². The highest BCUT2D eigenvalue weighted by Crippen LogP contribution is 2.31. The van der Waals surface area contributed by atoms with Crippen molar-refractivity contribution >= 4 is 5.69 Å². The van der Waals surface area contributed by atoms with E-state index in [1.54, 1.807) is 6.07 Å². The van der Waals surface area contributed by atoms with Gasteiger partial charge in [0.05, 0.1) is 5.56 Å². The van der Waals surface area contributed by atoms with Crippen LogP contribution < -0.4 is 11.1 Å². The van der Waals surface area contributed by atoms with Crippen molar-refractivity contribution in [3.05, 3.63) is 29.8 Å². The third-order valence-corrected chi connectivity index (χ3v) is 3.28. The maximum Gasteiger partial charge on any atom is 0.416 e. The van der Waals surface area contributed by atoms with Crippen LogP contribution >= 0.6 is 0 Å². The molecule has 0 radical (unpaired) electrons. The molecule has 1 fully saturated rings. The van der Waals surface area contributed by atoms with Gasteiger partial charge in [-0.15, -0.1) is 0 Å². The normalized spacial score (nSPS) is 24.9. The van der Waals surface area contributed by atoms with E-state index in [2.05, 4.69) is 5.32 Å². The Morgan fingerprint density at radius 3 is 2.67 bits per heavy atom. The Morgan fingerprint density at radius 2 is 2.00 bits per heavy atom. The Balaban J connectivity index is 2.05. The highest BCUT2D eigenvalue weighted by atomic mass is 19.4. The number of nitrogens with two attached hydrogens (primary N) is 1. The van der Waals surface area contributed by atoms with Gasteiger partial charge < -0.3 is 11.1 Å². The van der Waals surface area contributed by atoms with Gasteiger partial charge in [-0.3, -0.25) is 0 Å². The molecule has 2 atom stereocenters. The fourth-order valence-electron chi connectivity index (χ4n) is 2.38. The zero-order chi connectivity index (χ0) is 13.2. The molecule has 0 aliphatic heterocycles. The predicted octanol–water partition coefficient (Wildman–Crippen LogP) is 3.39. The van der Waals surface area contributed by atoms with Crippen LogP contribution in [0, 0.1) is 0 Å². The summed E-state index contributed by atoms with van der Waals surface area (Å²) < 4.78 is 37.7. The summed E-state index contributed by atoms with van der Waals surface area (Å²) >= 11 is 0. The Labute approximate surface area is 104 Å². The van der Waals surface area contributed by atoms with Gasteiger partial charge in [-0.25, -0.2) is 0 Å². The van der Waals surface area contributed by atoms with Crippen molar-refractivity contribution in [3.8, 4) is 0 Å². The number of benzene rings is 1. The summed E-state index contributed by atoms with van der Waals surface area (Å²) in [6, 6.07) is 5.65. The van der Waals surface area contributed by atoms with Crippen molar-refractivity contribution in [2.45, 2.75) is 43.9 Å². The largest absolute Gasteiger partial charge is 0.416 e. The van der Waals surface area contributed by atoms with E-state index in [1.165, 1.54) is 6.07 Å². The van der Waals surface area contributed by atoms with Gasteiger partial charge in [-0.05, 0) is 43.9 Å². The Morgan fingerprint density at radius 1 is 1.22 bits per heavy atom. The molecule has 1 aromatic rings. The summed E-state index contributed by atoms with van der Waals surface area (Å²) in [5.74, 6) is 0. The van der Waals surface area contributed by atoms with Crippen LogP contribution in [0.1, 0.15) is 31.2 Å². The standard InChI is InChI=1S/C13H17F3N2/c14-13(15,16)9-3-1-5-11(7-9)18-12-6-2-4-10(17)8-12/h1,3,5,7,10,12,18H,2,4,6,8,17H2. The molecule has 0 heterocycles. The highest BCUT2D eigenvalue weighted by molar-refractivity contribution is 5.47. The molecule has 0 aromatic heterocycles. The maximum atomic E-state index is 12.6. The molecular weight excluding hydrogens is 241 g/mol. The average Bonchev–Trinajstić information content (AvgIpc) is 2.28. The second-order valence-electron chi connectivity index (χ2n) is 4.85. The predicted molar refractivity (Wildman–Crippen MR) is 65.3 cm³/mol. The molecule has 1 aromatic carbocycles. The second kappa shape index (κ2) is 5.18. The van der Waals surface area contributed by atoms with E-state index in [1.807, 2.05) is 0 Å². The molecule has 5 heteroatoms. The third-order valence-electron chi connectivity index (χ3n) is 3.28. The van der Waals surface area contributed by atoms with Crippen LogP contribution in [0.25, 0.3) is 0 Å². The van der Waals surface area contributed by atoms with Crippen LogP contribution in [0.5, 0.6) is 0 Å². The van der Waals surface area contributed by atoms with Crippen LogP contribution in [0.15, 0.2) is 24.3 Å². The van der Waals surface area contributed by atoms with Crippen LogP contribution in [-0.2, 0) is 6.18 Å². The molecule has 1 saturated carbocycles. The summed E-state index contributed by atoms with van der Waals surface area (Å²) in [6.07, 6.45) is -0.487. The smallest absolute Gasteiger partial charge is 0.382 e. The molecule has 1 aliphatic carbocycles. The first kappa shape index (κ1) is 13.2. The van der Waals surface area contributed by atoms with Crippen LogP contribution in [0.3, 0.4) is 0 Å². The number of rotatable bonds is 2. The highest BCUT2D eigenvalue weighted by Gasteiger charge is 2.30. The lowest BCUT2D eigenvalue weighted by atomic mass is 9.91. The average molecular weight is 258 g/mol. The number of halogens is 3. The monoisotopic (exact) mass is 258 g/mol. The second-order valence-corrected chi connectivity index (χ2v) is 4.85. The molecular formula is C13H17F3N2. The van der Waals surface area contributed by atoms with Crippen molar-refractivity contribution in [2.24, 2.45) is 5.73 Å². The molecule has 2 rings (SSSR count). The number of nitrogens with one attached hydrogen (secondary N) is 1. The van der Waals surface area contributed by atoms with Gasteiger partial charge in [0.2, 0.25) is 0 Å². The molecule has 2 nitrogen and oxygen atoms in total. The zero-order valence-corrected chi connectivity index (χ0v) is 10.0. The fraction of sp³-hybridized carbons (Fsp3) is 0.538. The Hall–Kier alpha value is -1.23. The molecule has 3 N–H and O–H groups in total. The maximum absolute atomic E-state index is 12.6. The van der Waals surface area contributed by atoms with Gasteiger partial charge in [-0.1, -0.05) is 6.07 Å². The number of anilines is 1. The molecule has 0 amide bonds. The first-order valence-corrected chi connectivity index (χ1v) is 6.14. The van der Waals surface area contributed by atoms with Gasteiger partial charge in [0.25, 0.3) is 0 Å². The van der Waals surface area contributed by atoms with E-state index in [0.717, 1.165) is 37.8 Å². The minimum absolute atomic E-state index is 0.155. The third kappa shape index (κ3) is 3.38. The van der Waals surface area contributed by atoms with Crippen LogP contribution in [0.4, 0.5) is 18.9 Å². The summed E-state index contributed by atoms with van der Waals surface area (Å²) in [6.45, 7) is 0. The van der Waals surface area contributed by atoms with Gasteiger partial charge in [-0.2, -0.15) is 13.2 Å². The van der Waals surface area contributed by atoms with E-state index >= 15 is 0 Å². The number of hydrogen-bond acceptors (Lipinski definition) is 2. The van der Waals surface area contributed by atoms with Gasteiger partial charge in [0.1, 0.15) is 0 Å². The van der Waals surface area contributed by atoms with Crippen LogP contribution in [0.2, 0.25) is 0 Å². The summed E-state index contributed by atoms with van der Waals surface area (Å²) in [7, 11) is 0. The summed E-state index contributed by atoms with van der Waals surface area (Å²) in [5, 5.41) is 3.14. The first-order chi connectivity index (χ1) is 8.45. The summed E-state index contributed by atoms with van der Waals surface area (Å²) in [5.41, 5.74) is 5.76. The van der Waals surface area contributed by atoms with E-state index < -0.39 is 11.7 Å². The number of alkyl halides is 3. The van der Waals surface area contributed by atoms with Gasteiger partial charge >= 0.3 is 6.18 Å². The molecule has 0 spiro atoms. The topological polar surface area (TPSA) is 38.0 Å². The molecule has 100 valence electrons. The minimum Gasteiger partial charge on any atom is -0.382 e. The lowest BCUT2D eigenvalue weighted by molar-refractivity contribution is -0.137. The lowest BCUT2D eigenvalue weighted by Gasteiger charge is -2.28. The molecule has 18 heavy (non-hydrogen) atoms. The summed E-state index contributed by atoms with van der Waals surface area (Å²) in [4.78, 5) is 0. The van der Waals surface area contributed by atoms with E-state index in [4.69, 9.17) is 5.73 Å². The van der Waals surface area contributed by atoms with Gasteiger partial charge in [0, 0.05) is 17.8 Å². The van der Waals surface area contributed by atoms with Crippen molar-refractivity contribution in [2.75, 3.05) is 5.32 Å². The zero-order valence-electron chi connectivity index (χ0n) is 10.0. The minimum atomic E-state index is -4.29. The SMILES string of the molecule is NC1CCCC(Nc2cccc(C(F)(F)F)c2)C1. The number of hydrogen-bond donors (Lipinski definition) is 2. The quantitative estimate of drug-likeness (QED) is 0.853. The first-order valence-electron chi connectivity index (χ1n) is 6.14. The Bertz CT molecular complexity index is 403. The van der Waals surface area contributed by atoms with E-state index in [0.29, 0.717) is 5.69 Å². The van der Waals surface area contributed by atoms with Gasteiger partial charge in [0.15, 0.2) is 0 Å². The van der Waals surface area contributed by atoms with Crippen molar-refractivity contribution < 1.29 is 13.2 Å². The molecule has 2 unspecified atom stereocenters. The lowest BCUT2D eigenvalue weighted by Crippen LogP contribution is -2.34. The molecule has 0 bridgehead atoms. The van der Waals surface area contributed by atoms with Crippen molar-refractivity contribution in [3.63, 3.8) is 0 Å². The fourth-order valence-corrected chi connectivity index (χ4v) is 2.38. The molecule has 0 saturated heterocycles.